The first-order valence-corrected chi connectivity index (χ1v) is 10.6. The average molecular weight is 384 g/mol. The normalized spacial score (nSPS) is 11.9. The number of carbonyl (C=O) groups excluding carboxylic acids is 1. The number of carbonyl (C=O) groups is 1. The van der Waals surface area contributed by atoms with Gasteiger partial charge in [-0.25, -0.2) is 4.98 Å². The van der Waals surface area contributed by atoms with Crippen LogP contribution in [0, 0.1) is 12.8 Å². The summed E-state index contributed by atoms with van der Waals surface area (Å²) in [5.41, 5.74) is 2.98. The third kappa shape index (κ3) is 4.71. The summed E-state index contributed by atoms with van der Waals surface area (Å²) in [7, 11) is 0. The van der Waals surface area contributed by atoms with Gasteiger partial charge in [-0.3, -0.25) is 9.78 Å². The van der Waals surface area contributed by atoms with E-state index in [1.807, 2.05) is 43.5 Å². The zero-order valence-electron chi connectivity index (χ0n) is 14.8. The van der Waals surface area contributed by atoms with Gasteiger partial charge in [-0.15, -0.1) is 0 Å². The van der Waals surface area contributed by atoms with Crippen LogP contribution in [0.15, 0.2) is 54.9 Å². The lowest BCUT2D eigenvalue weighted by atomic mass is 10.0. The molecule has 0 aliphatic carbocycles. The molecule has 3 aromatic rings. The van der Waals surface area contributed by atoms with E-state index in [9.17, 15) is 4.79 Å². The van der Waals surface area contributed by atoms with Crippen molar-refractivity contribution in [1.29, 1.82) is 0 Å². The van der Waals surface area contributed by atoms with Crippen LogP contribution in [0.2, 0.25) is 0 Å². The number of nitrogens with zero attached hydrogens (tertiary/aromatic N) is 2. The summed E-state index contributed by atoms with van der Waals surface area (Å²) in [5.74, 6) is 0.761. The minimum atomic E-state index is -0.0734. The molecule has 26 heavy (non-hydrogen) atoms. The fourth-order valence-corrected chi connectivity index (χ4v) is 4.30. The van der Waals surface area contributed by atoms with Crippen molar-refractivity contribution in [3.05, 3.63) is 66.1 Å². The molecule has 0 saturated carbocycles. The number of hydrogen-bond donors (Lipinski definition) is 1. The molecule has 4 nitrogen and oxygen atoms in total. The van der Waals surface area contributed by atoms with Crippen LogP contribution in [0.3, 0.4) is 0 Å². The van der Waals surface area contributed by atoms with Crippen LogP contribution in [0.4, 0.5) is 5.00 Å². The lowest BCUT2D eigenvalue weighted by molar-refractivity contribution is -0.119. The van der Waals surface area contributed by atoms with Crippen molar-refractivity contribution in [2.45, 2.75) is 13.3 Å². The third-order valence-corrected chi connectivity index (χ3v) is 5.86. The largest absolute Gasteiger partial charge is 0.316 e. The Morgan fingerprint density at radius 1 is 1.23 bits per heavy atom. The second kappa shape index (κ2) is 8.96. The molecule has 0 spiro atoms. The summed E-state index contributed by atoms with van der Waals surface area (Å²) in [6, 6.07) is 14.0. The lowest BCUT2D eigenvalue weighted by Gasteiger charge is -2.15. The molecule has 1 amide bonds. The van der Waals surface area contributed by atoms with E-state index in [4.69, 9.17) is 0 Å². The SMILES string of the molecule is CSCC(Cc1ccccc1)C(=O)Nc1sc(-c2cccnc2)nc1C. The van der Waals surface area contributed by atoms with Gasteiger partial charge >= 0.3 is 0 Å². The topological polar surface area (TPSA) is 54.9 Å². The van der Waals surface area contributed by atoms with Crippen molar-refractivity contribution in [1.82, 2.24) is 9.97 Å². The lowest BCUT2D eigenvalue weighted by Crippen LogP contribution is -2.26. The zero-order valence-corrected chi connectivity index (χ0v) is 16.4. The number of nitrogens with one attached hydrogen (secondary N) is 1. The van der Waals surface area contributed by atoms with Gasteiger partial charge in [0.05, 0.1) is 11.6 Å². The first-order chi connectivity index (χ1) is 12.7. The van der Waals surface area contributed by atoms with Crippen LogP contribution in [0.25, 0.3) is 10.6 Å². The monoisotopic (exact) mass is 383 g/mol. The van der Waals surface area contributed by atoms with Crippen molar-refractivity contribution >= 4 is 34.0 Å². The summed E-state index contributed by atoms with van der Waals surface area (Å²) in [6.07, 6.45) is 6.30. The van der Waals surface area contributed by atoms with Crippen molar-refractivity contribution in [3.8, 4) is 10.6 Å². The van der Waals surface area contributed by atoms with Gasteiger partial charge in [-0.1, -0.05) is 41.7 Å². The maximum absolute atomic E-state index is 12.8. The van der Waals surface area contributed by atoms with Crippen molar-refractivity contribution in [2.24, 2.45) is 5.92 Å². The highest BCUT2D eigenvalue weighted by atomic mass is 32.2. The number of aryl methyl sites for hydroxylation is 1. The molecule has 0 aliphatic heterocycles. The van der Waals surface area contributed by atoms with Crippen molar-refractivity contribution in [3.63, 3.8) is 0 Å². The quantitative estimate of drug-likeness (QED) is 0.644. The fraction of sp³-hybridized carbons (Fsp3) is 0.250. The average Bonchev–Trinajstić information content (AvgIpc) is 3.03. The summed E-state index contributed by atoms with van der Waals surface area (Å²) in [5, 5.41) is 4.77. The summed E-state index contributed by atoms with van der Waals surface area (Å²) >= 11 is 3.19. The van der Waals surface area contributed by atoms with Gasteiger partial charge < -0.3 is 5.32 Å². The number of hydrogen-bond acceptors (Lipinski definition) is 5. The molecule has 2 heterocycles. The Morgan fingerprint density at radius 3 is 2.73 bits per heavy atom. The van der Waals surface area contributed by atoms with Gasteiger partial charge in [0.15, 0.2) is 0 Å². The number of rotatable bonds is 7. The predicted molar refractivity (Wildman–Crippen MR) is 111 cm³/mol. The van der Waals surface area contributed by atoms with Gasteiger partial charge in [0.1, 0.15) is 10.0 Å². The van der Waals surface area contributed by atoms with E-state index in [1.165, 1.54) is 16.9 Å². The number of benzene rings is 1. The number of pyridine rings is 1. The zero-order chi connectivity index (χ0) is 18.4. The highest BCUT2D eigenvalue weighted by molar-refractivity contribution is 7.98. The van der Waals surface area contributed by atoms with Crippen LogP contribution < -0.4 is 5.32 Å². The Kier molecular flexibility index (Phi) is 6.41. The maximum Gasteiger partial charge on any atom is 0.229 e. The van der Waals surface area contributed by atoms with E-state index in [0.717, 1.165) is 33.4 Å². The van der Waals surface area contributed by atoms with Crippen LogP contribution in [0.5, 0.6) is 0 Å². The number of thiazole rings is 1. The summed E-state index contributed by atoms with van der Waals surface area (Å²) in [4.78, 5) is 21.6. The molecule has 1 N–H and O–H groups in total. The van der Waals surface area contributed by atoms with Crippen LogP contribution >= 0.6 is 23.1 Å². The molecule has 0 saturated heterocycles. The highest BCUT2D eigenvalue weighted by Gasteiger charge is 2.21. The van der Waals surface area contributed by atoms with E-state index < -0.39 is 0 Å². The highest BCUT2D eigenvalue weighted by Crippen LogP contribution is 2.31. The molecule has 0 fully saturated rings. The van der Waals surface area contributed by atoms with Gasteiger partial charge in [0, 0.05) is 23.7 Å². The second-order valence-electron chi connectivity index (χ2n) is 6.01. The molecule has 1 atom stereocenters. The van der Waals surface area contributed by atoms with Crippen LogP contribution in [-0.2, 0) is 11.2 Å². The van der Waals surface area contributed by atoms with Crippen LogP contribution in [-0.4, -0.2) is 27.9 Å². The molecule has 0 aliphatic rings. The number of amides is 1. The molecule has 1 unspecified atom stereocenters. The van der Waals surface area contributed by atoms with Gasteiger partial charge in [0.25, 0.3) is 0 Å². The molecule has 1 aromatic carbocycles. The first-order valence-electron chi connectivity index (χ1n) is 8.39. The molecule has 2 aromatic heterocycles. The van der Waals surface area contributed by atoms with E-state index >= 15 is 0 Å². The number of thioether (sulfide) groups is 1. The van der Waals surface area contributed by atoms with Gasteiger partial charge in [-0.05, 0) is 37.3 Å². The van der Waals surface area contributed by atoms with E-state index in [1.54, 1.807) is 24.2 Å². The number of aromatic nitrogens is 2. The molecule has 0 bridgehead atoms. The van der Waals surface area contributed by atoms with E-state index in [-0.39, 0.29) is 11.8 Å². The smallest absolute Gasteiger partial charge is 0.229 e. The van der Waals surface area contributed by atoms with Crippen molar-refractivity contribution in [2.75, 3.05) is 17.3 Å². The summed E-state index contributed by atoms with van der Waals surface area (Å²) in [6.45, 7) is 1.92. The fourth-order valence-electron chi connectivity index (χ4n) is 2.67. The molecular weight excluding hydrogens is 362 g/mol. The molecule has 3 rings (SSSR count). The van der Waals surface area contributed by atoms with E-state index in [0.29, 0.717) is 0 Å². The molecule has 134 valence electrons. The Morgan fingerprint density at radius 2 is 2.04 bits per heavy atom. The summed E-state index contributed by atoms with van der Waals surface area (Å²) < 4.78 is 0. The van der Waals surface area contributed by atoms with Crippen LogP contribution in [0.1, 0.15) is 11.3 Å². The standard InChI is InChI=1S/C20H21N3OS2/c1-14-19(26-20(22-14)16-9-6-10-21-12-16)23-18(24)17(13-25-2)11-15-7-4-3-5-8-15/h3-10,12,17H,11,13H2,1-2H3,(H,23,24). The molecule has 6 heteroatoms. The van der Waals surface area contributed by atoms with Gasteiger partial charge in [-0.2, -0.15) is 11.8 Å². The van der Waals surface area contributed by atoms with Gasteiger partial charge in [0.2, 0.25) is 5.91 Å². The minimum Gasteiger partial charge on any atom is -0.316 e. The van der Waals surface area contributed by atoms with E-state index in [2.05, 4.69) is 27.4 Å². The maximum atomic E-state index is 12.8. The Balaban J connectivity index is 1.74. The minimum absolute atomic E-state index is 0.0488. The second-order valence-corrected chi connectivity index (χ2v) is 7.92. The first kappa shape index (κ1) is 18.6. The Bertz CT molecular complexity index is 850. The molecular formula is C20H21N3OS2. The Hall–Kier alpha value is -2.18. The predicted octanol–water partition coefficient (Wildman–Crippen LogP) is 4.67. The Labute approximate surface area is 162 Å². The number of anilines is 1. The third-order valence-electron chi connectivity index (χ3n) is 4.01. The van der Waals surface area contributed by atoms with Crippen molar-refractivity contribution < 1.29 is 4.79 Å². The molecule has 0 radical (unpaired) electrons.